The highest BCUT2D eigenvalue weighted by atomic mass is 35.5. The van der Waals surface area contributed by atoms with Crippen molar-refractivity contribution in [2.24, 2.45) is 0 Å². The molecule has 5 heteroatoms. The largest absolute Gasteiger partial charge is 0.459 e. The highest BCUT2D eigenvalue weighted by molar-refractivity contribution is 6.30. The van der Waals surface area contributed by atoms with Crippen LogP contribution >= 0.6 is 11.6 Å². The van der Waals surface area contributed by atoms with Gasteiger partial charge in [0, 0.05) is 10.9 Å². The molecule has 4 nitrogen and oxygen atoms in total. The first-order valence-corrected chi connectivity index (χ1v) is 7.78. The quantitative estimate of drug-likeness (QED) is 0.875. The van der Waals surface area contributed by atoms with E-state index in [0.29, 0.717) is 5.02 Å². The Morgan fingerprint density at radius 2 is 2.00 bits per heavy atom. The zero-order valence-electron chi connectivity index (χ0n) is 12.4. The molecule has 2 aromatic carbocycles. The summed E-state index contributed by atoms with van der Waals surface area (Å²) < 4.78 is 10.7. The molecule has 0 aliphatic carbocycles. The molecule has 1 aliphatic heterocycles. The summed E-state index contributed by atoms with van der Waals surface area (Å²) in [6.45, 7) is 0.417. The lowest BCUT2D eigenvalue weighted by Crippen LogP contribution is -2.34. The molecule has 0 bridgehead atoms. The second-order valence-electron chi connectivity index (χ2n) is 5.50. The van der Waals surface area contributed by atoms with Crippen LogP contribution in [0.2, 0.25) is 5.02 Å². The lowest BCUT2D eigenvalue weighted by molar-refractivity contribution is -0.159. The molecule has 0 saturated carbocycles. The van der Waals surface area contributed by atoms with Gasteiger partial charge in [-0.25, -0.2) is 4.79 Å². The maximum atomic E-state index is 12.1. The lowest BCUT2D eigenvalue weighted by atomic mass is 9.93. The molecule has 0 radical (unpaired) electrons. The Hall–Kier alpha value is -1.88. The van der Waals surface area contributed by atoms with E-state index in [1.54, 1.807) is 12.1 Å². The van der Waals surface area contributed by atoms with Crippen molar-refractivity contribution in [2.75, 3.05) is 6.61 Å². The van der Waals surface area contributed by atoms with E-state index in [2.05, 4.69) is 0 Å². The number of carbonyl (C=O) groups excluding carboxylic acids is 1. The maximum Gasteiger partial charge on any atom is 0.338 e. The highest BCUT2D eigenvalue weighted by Crippen LogP contribution is 2.31. The van der Waals surface area contributed by atoms with E-state index in [1.807, 2.05) is 42.5 Å². The number of benzene rings is 2. The number of esters is 1. The van der Waals surface area contributed by atoms with Crippen molar-refractivity contribution in [1.29, 1.82) is 0 Å². The minimum absolute atomic E-state index is 0.161. The highest BCUT2D eigenvalue weighted by Gasteiger charge is 2.42. The first kappa shape index (κ1) is 16.0. The summed E-state index contributed by atoms with van der Waals surface area (Å²) in [5, 5.41) is 11.0. The van der Waals surface area contributed by atoms with E-state index in [-0.39, 0.29) is 19.1 Å². The standard InChI is InChI=1S/C18H17ClO4/c19-14-8-4-7-13(9-14)15-11-22-17(16(15)20)18(21)23-10-12-5-2-1-3-6-12/h1-9,15-17,20H,10-11H2/t15-,16+,17+/m1/s1. The lowest BCUT2D eigenvalue weighted by Gasteiger charge is -2.17. The van der Waals surface area contributed by atoms with Gasteiger partial charge in [-0.3, -0.25) is 0 Å². The van der Waals surface area contributed by atoms with Crippen LogP contribution in [-0.4, -0.2) is 29.9 Å². The zero-order valence-corrected chi connectivity index (χ0v) is 13.1. The molecule has 0 aromatic heterocycles. The molecule has 23 heavy (non-hydrogen) atoms. The molecule has 2 aromatic rings. The fraction of sp³-hybridized carbons (Fsp3) is 0.278. The van der Waals surface area contributed by atoms with Crippen molar-refractivity contribution >= 4 is 17.6 Å². The first-order valence-electron chi connectivity index (χ1n) is 7.41. The third kappa shape index (κ3) is 3.72. The maximum absolute atomic E-state index is 12.1. The predicted molar refractivity (Wildman–Crippen MR) is 86.2 cm³/mol. The molecule has 120 valence electrons. The molecular formula is C18H17ClO4. The minimum Gasteiger partial charge on any atom is -0.459 e. The van der Waals surface area contributed by atoms with E-state index in [0.717, 1.165) is 11.1 Å². The van der Waals surface area contributed by atoms with Crippen LogP contribution < -0.4 is 0 Å². The van der Waals surface area contributed by atoms with Crippen molar-refractivity contribution in [3.63, 3.8) is 0 Å². The second-order valence-corrected chi connectivity index (χ2v) is 5.94. The summed E-state index contributed by atoms with van der Waals surface area (Å²) in [6, 6.07) is 16.6. The van der Waals surface area contributed by atoms with Crippen molar-refractivity contribution in [2.45, 2.75) is 24.7 Å². The van der Waals surface area contributed by atoms with E-state index in [4.69, 9.17) is 21.1 Å². The summed E-state index contributed by atoms with van der Waals surface area (Å²) >= 11 is 5.97. The number of halogens is 1. The molecule has 3 atom stereocenters. The fourth-order valence-electron chi connectivity index (χ4n) is 2.66. The second kappa shape index (κ2) is 7.13. The van der Waals surface area contributed by atoms with Crippen LogP contribution in [0.3, 0.4) is 0 Å². The van der Waals surface area contributed by atoms with Gasteiger partial charge in [0.15, 0.2) is 6.10 Å². The SMILES string of the molecule is O=C(OCc1ccccc1)[C@H]1OC[C@H](c2cccc(Cl)c2)[C@@H]1O. The summed E-state index contributed by atoms with van der Waals surface area (Å²) in [6.07, 6.45) is -1.92. The normalized spacial score (nSPS) is 23.7. The van der Waals surface area contributed by atoms with E-state index in [9.17, 15) is 9.90 Å². The molecule has 1 saturated heterocycles. The van der Waals surface area contributed by atoms with E-state index in [1.165, 1.54) is 0 Å². The predicted octanol–water partition coefficient (Wildman–Crippen LogP) is 2.93. The number of rotatable bonds is 4. The van der Waals surface area contributed by atoms with Gasteiger partial charge in [0.2, 0.25) is 0 Å². The van der Waals surface area contributed by atoms with Gasteiger partial charge in [-0.1, -0.05) is 54.1 Å². The van der Waals surface area contributed by atoms with Crippen LogP contribution in [0.25, 0.3) is 0 Å². The Balaban J connectivity index is 1.62. The third-order valence-corrected chi connectivity index (χ3v) is 4.15. The zero-order chi connectivity index (χ0) is 16.2. The van der Waals surface area contributed by atoms with Crippen molar-refractivity contribution in [3.05, 3.63) is 70.7 Å². The number of aliphatic hydroxyl groups excluding tert-OH is 1. The average Bonchev–Trinajstić information content (AvgIpc) is 2.95. The molecular weight excluding hydrogens is 316 g/mol. The molecule has 3 rings (SSSR count). The Morgan fingerprint density at radius 1 is 1.22 bits per heavy atom. The van der Waals surface area contributed by atoms with Crippen molar-refractivity contribution in [3.8, 4) is 0 Å². The van der Waals surface area contributed by atoms with Crippen LogP contribution in [0.4, 0.5) is 0 Å². The average molecular weight is 333 g/mol. The van der Waals surface area contributed by atoms with Gasteiger partial charge in [0.1, 0.15) is 12.7 Å². The topological polar surface area (TPSA) is 55.8 Å². The van der Waals surface area contributed by atoms with Crippen LogP contribution in [0.1, 0.15) is 17.0 Å². The van der Waals surface area contributed by atoms with Crippen molar-refractivity contribution < 1.29 is 19.4 Å². The molecule has 0 unspecified atom stereocenters. The van der Waals surface area contributed by atoms with Gasteiger partial charge in [-0.15, -0.1) is 0 Å². The Labute approximate surface area is 139 Å². The smallest absolute Gasteiger partial charge is 0.338 e. The van der Waals surface area contributed by atoms with E-state index < -0.39 is 18.2 Å². The number of aliphatic hydroxyl groups is 1. The van der Waals surface area contributed by atoms with Crippen LogP contribution in [0.5, 0.6) is 0 Å². The Bertz CT molecular complexity index is 674. The fourth-order valence-corrected chi connectivity index (χ4v) is 2.86. The summed E-state index contributed by atoms with van der Waals surface area (Å²) in [5.74, 6) is -0.839. The van der Waals surface area contributed by atoms with Gasteiger partial charge in [0.25, 0.3) is 0 Å². The molecule has 1 N–H and O–H groups in total. The number of hydrogen-bond acceptors (Lipinski definition) is 4. The Morgan fingerprint density at radius 3 is 2.74 bits per heavy atom. The van der Waals surface area contributed by atoms with Gasteiger partial charge in [-0.2, -0.15) is 0 Å². The van der Waals surface area contributed by atoms with Gasteiger partial charge >= 0.3 is 5.97 Å². The molecule has 1 aliphatic rings. The van der Waals surface area contributed by atoms with Gasteiger partial charge in [0.05, 0.1) is 6.61 Å². The monoisotopic (exact) mass is 332 g/mol. The summed E-state index contributed by atoms with van der Waals surface area (Å²) in [4.78, 5) is 12.1. The van der Waals surface area contributed by atoms with E-state index >= 15 is 0 Å². The minimum atomic E-state index is -0.970. The number of hydrogen-bond donors (Lipinski definition) is 1. The first-order chi connectivity index (χ1) is 11.1. The van der Waals surface area contributed by atoms with Crippen LogP contribution in [0.15, 0.2) is 54.6 Å². The Kier molecular flexibility index (Phi) is 4.96. The van der Waals surface area contributed by atoms with Crippen LogP contribution in [-0.2, 0) is 20.9 Å². The molecule has 0 spiro atoms. The van der Waals surface area contributed by atoms with Crippen molar-refractivity contribution in [1.82, 2.24) is 0 Å². The summed E-state index contributed by atoms with van der Waals surface area (Å²) in [5.41, 5.74) is 1.74. The van der Waals surface area contributed by atoms with Crippen LogP contribution in [0, 0.1) is 0 Å². The number of carbonyl (C=O) groups is 1. The molecule has 1 fully saturated rings. The van der Waals surface area contributed by atoms with Gasteiger partial charge < -0.3 is 14.6 Å². The summed E-state index contributed by atoms with van der Waals surface area (Å²) in [7, 11) is 0. The molecule has 0 amide bonds. The number of ether oxygens (including phenoxy) is 2. The van der Waals surface area contributed by atoms with Gasteiger partial charge in [-0.05, 0) is 23.3 Å². The molecule has 1 heterocycles. The third-order valence-electron chi connectivity index (χ3n) is 3.91.